The molecule has 102 valence electrons. The SMILES string of the molecule is Cc1ccccc1NC(=S)NC(=O)c1cccc(F)c1. The fourth-order valence-electron chi connectivity index (χ4n) is 1.67. The van der Waals surface area contributed by atoms with Crippen LogP contribution in [0.1, 0.15) is 15.9 Å². The van der Waals surface area contributed by atoms with Gasteiger partial charge in [0.05, 0.1) is 0 Å². The van der Waals surface area contributed by atoms with Crippen molar-refractivity contribution in [3.8, 4) is 0 Å². The molecule has 2 N–H and O–H groups in total. The molecule has 0 aliphatic carbocycles. The normalized spacial score (nSPS) is 9.90. The topological polar surface area (TPSA) is 41.1 Å². The molecule has 2 aromatic rings. The van der Waals surface area contributed by atoms with E-state index in [0.717, 1.165) is 17.3 Å². The van der Waals surface area contributed by atoms with E-state index in [1.807, 2.05) is 31.2 Å². The van der Waals surface area contributed by atoms with Gasteiger partial charge in [0.2, 0.25) is 0 Å². The van der Waals surface area contributed by atoms with Gasteiger partial charge >= 0.3 is 0 Å². The Kier molecular flexibility index (Phi) is 4.42. The van der Waals surface area contributed by atoms with Crippen molar-refractivity contribution in [2.45, 2.75) is 6.92 Å². The molecular formula is C15H13FN2OS. The van der Waals surface area contributed by atoms with E-state index < -0.39 is 11.7 Å². The number of rotatable bonds is 2. The second-order valence-corrected chi connectivity index (χ2v) is 4.64. The molecule has 0 aliphatic rings. The third kappa shape index (κ3) is 3.61. The number of para-hydroxylation sites is 1. The molecule has 0 saturated carbocycles. The summed E-state index contributed by atoms with van der Waals surface area (Å²) in [5.74, 6) is -0.911. The monoisotopic (exact) mass is 288 g/mol. The number of hydrogen-bond acceptors (Lipinski definition) is 2. The second kappa shape index (κ2) is 6.25. The number of amides is 1. The maximum Gasteiger partial charge on any atom is 0.257 e. The van der Waals surface area contributed by atoms with E-state index in [1.54, 1.807) is 0 Å². The minimum atomic E-state index is -0.463. The lowest BCUT2D eigenvalue weighted by Gasteiger charge is -2.11. The van der Waals surface area contributed by atoms with Crippen LogP contribution in [0, 0.1) is 12.7 Å². The van der Waals surface area contributed by atoms with Gasteiger partial charge in [-0.25, -0.2) is 4.39 Å². The fraction of sp³-hybridized carbons (Fsp3) is 0.0667. The Morgan fingerprint density at radius 3 is 2.60 bits per heavy atom. The summed E-state index contributed by atoms with van der Waals surface area (Å²) in [7, 11) is 0. The van der Waals surface area contributed by atoms with Crippen molar-refractivity contribution in [3.63, 3.8) is 0 Å². The van der Waals surface area contributed by atoms with Gasteiger partial charge in [0, 0.05) is 11.3 Å². The number of nitrogens with one attached hydrogen (secondary N) is 2. The third-order valence-electron chi connectivity index (χ3n) is 2.71. The Bertz CT molecular complexity index is 658. The fourth-order valence-corrected chi connectivity index (χ4v) is 1.87. The van der Waals surface area contributed by atoms with Gasteiger partial charge < -0.3 is 5.32 Å². The van der Waals surface area contributed by atoms with Crippen LogP contribution in [0.3, 0.4) is 0 Å². The molecule has 2 aromatic carbocycles. The first-order valence-electron chi connectivity index (χ1n) is 6.00. The Morgan fingerprint density at radius 2 is 1.90 bits per heavy atom. The van der Waals surface area contributed by atoms with Gasteiger partial charge in [0.15, 0.2) is 5.11 Å². The number of halogens is 1. The molecule has 2 rings (SSSR count). The molecule has 1 amide bonds. The van der Waals surface area contributed by atoms with E-state index in [9.17, 15) is 9.18 Å². The maximum atomic E-state index is 13.0. The van der Waals surface area contributed by atoms with E-state index in [-0.39, 0.29) is 10.7 Å². The summed E-state index contributed by atoms with van der Waals surface area (Å²) >= 11 is 5.07. The van der Waals surface area contributed by atoms with Crippen molar-refractivity contribution >= 4 is 28.9 Å². The highest BCUT2D eigenvalue weighted by atomic mass is 32.1. The van der Waals surface area contributed by atoms with Gasteiger partial charge in [0.25, 0.3) is 5.91 Å². The van der Waals surface area contributed by atoms with Gasteiger partial charge in [0.1, 0.15) is 5.82 Å². The number of thiocarbonyl (C=S) groups is 1. The molecule has 0 bridgehead atoms. The highest BCUT2D eigenvalue weighted by Gasteiger charge is 2.09. The predicted molar refractivity (Wildman–Crippen MR) is 81.3 cm³/mol. The van der Waals surface area contributed by atoms with Crippen molar-refractivity contribution in [3.05, 3.63) is 65.5 Å². The predicted octanol–water partition coefficient (Wildman–Crippen LogP) is 3.26. The summed E-state index contributed by atoms with van der Waals surface area (Å²) in [4.78, 5) is 11.9. The van der Waals surface area contributed by atoms with Crippen LogP contribution >= 0.6 is 12.2 Å². The van der Waals surface area contributed by atoms with Crippen molar-refractivity contribution in [1.29, 1.82) is 0 Å². The molecule has 0 saturated heterocycles. The average molecular weight is 288 g/mol. The molecule has 0 atom stereocenters. The van der Waals surface area contributed by atoms with Crippen molar-refractivity contribution < 1.29 is 9.18 Å². The Morgan fingerprint density at radius 1 is 1.15 bits per heavy atom. The minimum Gasteiger partial charge on any atom is -0.332 e. The molecule has 0 aliphatic heterocycles. The zero-order valence-corrected chi connectivity index (χ0v) is 11.6. The van der Waals surface area contributed by atoms with E-state index in [4.69, 9.17) is 12.2 Å². The lowest BCUT2D eigenvalue weighted by Crippen LogP contribution is -2.34. The Balaban J connectivity index is 2.02. The smallest absolute Gasteiger partial charge is 0.257 e. The minimum absolute atomic E-state index is 0.175. The molecule has 0 heterocycles. The van der Waals surface area contributed by atoms with Crippen LogP contribution in [0.15, 0.2) is 48.5 Å². The molecule has 0 aromatic heterocycles. The zero-order valence-electron chi connectivity index (χ0n) is 10.8. The van der Waals surface area contributed by atoms with E-state index in [2.05, 4.69) is 10.6 Å². The third-order valence-corrected chi connectivity index (χ3v) is 2.91. The lowest BCUT2D eigenvalue weighted by molar-refractivity contribution is 0.0977. The van der Waals surface area contributed by atoms with Crippen molar-refractivity contribution in [2.75, 3.05) is 5.32 Å². The van der Waals surface area contributed by atoms with Crippen LogP contribution in [0.2, 0.25) is 0 Å². The molecule has 0 radical (unpaired) electrons. The molecule has 0 unspecified atom stereocenters. The van der Waals surface area contributed by atoms with E-state index in [1.165, 1.54) is 18.2 Å². The number of aryl methyl sites for hydroxylation is 1. The van der Waals surface area contributed by atoms with Crippen LogP contribution < -0.4 is 10.6 Å². The highest BCUT2D eigenvalue weighted by Crippen LogP contribution is 2.12. The number of carbonyl (C=O) groups is 1. The highest BCUT2D eigenvalue weighted by molar-refractivity contribution is 7.80. The first kappa shape index (κ1) is 14.1. The summed E-state index contributed by atoms with van der Waals surface area (Å²) in [5, 5.41) is 5.62. The number of carbonyl (C=O) groups excluding carboxylic acids is 1. The second-order valence-electron chi connectivity index (χ2n) is 4.23. The van der Waals surface area contributed by atoms with Gasteiger partial charge in [-0.15, -0.1) is 0 Å². The van der Waals surface area contributed by atoms with Crippen LogP contribution in [0.4, 0.5) is 10.1 Å². The first-order chi connectivity index (χ1) is 9.56. The number of anilines is 1. The lowest BCUT2D eigenvalue weighted by atomic mass is 10.2. The van der Waals surface area contributed by atoms with Gasteiger partial charge in [-0.3, -0.25) is 10.1 Å². The van der Waals surface area contributed by atoms with Gasteiger partial charge in [-0.05, 0) is 49.0 Å². The van der Waals surface area contributed by atoms with Crippen molar-refractivity contribution in [2.24, 2.45) is 0 Å². The first-order valence-corrected chi connectivity index (χ1v) is 6.40. The Labute approximate surface area is 121 Å². The zero-order chi connectivity index (χ0) is 14.5. The van der Waals surface area contributed by atoms with Crippen LogP contribution in [-0.4, -0.2) is 11.0 Å². The molecule has 20 heavy (non-hydrogen) atoms. The quantitative estimate of drug-likeness (QED) is 0.833. The van der Waals surface area contributed by atoms with E-state index >= 15 is 0 Å². The number of hydrogen-bond donors (Lipinski definition) is 2. The largest absolute Gasteiger partial charge is 0.332 e. The molecule has 5 heteroatoms. The van der Waals surface area contributed by atoms with E-state index in [0.29, 0.717) is 0 Å². The maximum absolute atomic E-state index is 13.0. The summed E-state index contributed by atoms with van der Waals surface area (Å²) < 4.78 is 13.0. The molecular weight excluding hydrogens is 275 g/mol. The molecule has 0 spiro atoms. The molecule has 0 fully saturated rings. The van der Waals surface area contributed by atoms with Crippen LogP contribution in [0.25, 0.3) is 0 Å². The summed E-state index contributed by atoms with van der Waals surface area (Å²) in [6.07, 6.45) is 0. The average Bonchev–Trinajstić information content (AvgIpc) is 2.41. The summed E-state index contributed by atoms with van der Waals surface area (Å²) in [5.41, 5.74) is 2.05. The summed E-state index contributed by atoms with van der Waals surface area (Å²) in [6, 6.07) is 13.0. The van der Waals surface area contributed by atoms with Gasteiger partial charge in [-0.1, -0.05) is 24.3 Å². The van der Waals surface area contributed by atoms with Crippen molar-refractivity contribution in [1.82, 2.24) is 5.32 Å². The molecule has 3 nitrogen and oxygen atoms in total. The Hall–Kier alpha value is -2.27. The summed E-state index contributed by atoms with van der Waals surface area (Å²) in [6.45, 7) is 1.93. The van der Waals surface area contributed by atoms with Crippen LogP contribution in [-0.2, 0) is 0 Å². The van der Waals surface area contributed by atoms with Gasteiger partial charge in [-0.2, -0.15) is 0 Å². The van der Waals surface area contributed by atoms with Crippen LogP contribution in [0.5, 0.6) is 0 Å². The standard InChI is InChI=1S/C15H13FN2OS/c1-10-5-2-3-8-13(10)17-15(20)18-14(19)11-6-4-7-12(16)9-11/h2-9H,1H3,(H2,17,18,19,20). The number of benzene rings is 2.